The van der Waals surface area contributed by atoms with Gasteiger partial charge in [0.1, 0.15) is 0 Å². The maximum absolute atomic E-state index is 10.6. The van der Waals surface area contributed by atoms with E-state index in [4.69, 9.17) is 5.11 Å². The van der Waals surface area contributed by atoms with Gasteiger partial charge >= 0.3 is 5.97 Å². The highest BCUT2D eigenvalue weighted by Crippen LogP contribution is 2.19. The van der Waals surface area contributed by atoms with Crippen molar-refractivity contribution in [1.82, 2.24) is 0 Å². The lowest BCUT2D eigenvalue weighted by Gasteiger charge is -2.15. The van der Waals surface area contributed by atoms with Gasteiger partial charge in [0.25, 0.3) is 15.2 Å². The van der Waals surface area contributed by atoms with Crippen LogP contribution in [-0.2, 0) is 0 Å². The summed E-state index contributed by atoms with van der Waals surface area (Å²) in [4.78, 5) is 10.6. The third-order valence-corrected chi connectivity index (χ3v) is 3.88. The molecule has 0 fully saturated rings. The minimum absolute atomic E-state index is 0. The zero-order chi connectivity index (χ0) is 10.8. The zero-order valence-electron chi connectivity index (χ0n) is 9.37. The molecule has 0 spiro atoms. The fourth-order valence-electron chi connectivity index (χ4n) is 1.38. The van der Waals surface area contributed by atoms with Crippen LogP contribution in [-0.4, -0.2) is 31.8 Å². The molecule has 82 valence electrons. The largest absolute Gasteiger partial charge is 0.478 e. The summed E-state index contributed by atoms with van der Waals surface area (Å²) < 4.78 is 1.70. The Hall–Kier alpha value is -0.818. The first-order valence-electron chi connectivity index (χ1n) is 4.71. The molecule has 0 saturated heterocycles. The molecule has 0 aromatic heterocycles. The standard InChI is InChI=1S/C7H5O2.C4H9.Al.H2O.H/c8-7(9)6-4-2-1-3-5-6;1-4(2)3;;;/h2-5H,(H,8,9);1-3H3;;1H2;. The van der Waals surface area contributed by atoms with Gasteiger partial charge in [0.05, 0.1) is 5.56 Å². The highest BCUT2D eigenvalue weighted by molar-refractivity contribution is 6.56. The molecular weight excluding hydrogens is 207 g/mol. The number of carboxylic acid groups (broad SMARTS) is 1. The van der Waals surface area contributed by atoms with Gasteiger partial charge in [0.2, 0.25) is 0 Å². The van der Waals surface area contributed by atoms with E-state index in [9.17, 15) is 4.79 Å². The second-order valence-electron chi connectivity index (χ2n) is 4.74. The van der Waals surface area contributed by atoms with Crippen LogP contribution in [0.3, 0.4) is 0 Å². The number of hydrogen-bond acceptors (Lipinski definition) is 1. The van der Waals surface area contributed by atoms with E-state index in [-0.39, 0.29) is 20.7 Å². The number of benzene rings is 1. The molecule has 1 aromatic carbocycles. The number of carbonyl (C=O) groups is 1. The molecule has 0 aliphatic carbocycles. The van der Waals surface area contributed by atoms with Crippen molar-refractivity contribution in [2.75, 3.05) is 0 Å². The molecule has 1 aromatic rings. The van der Waals surface area contributed by atoms with Crippen molar-refractivity contribution in [3.05, 3.63) is 29.8 Å². The maximum atomic E-state index is 10.6. The van der Waals surface area contributed by atoms with E-state index in [0.717, 1.165) is 0 Å². The molecule has 0 amide bonds. The van der Waals surface area contributed by atoms with E-state index in [1.54, 1.807) is 12.1 Å². The first-order chi connectivity index (χ1) is 6.38. The van der Waals surface area contributed by atoms with Crippen LogP contribution in [0.25, 0.3) is 0 Å². The van der Waals surface area contributed by atoms with Crippen molar-refractivity contribution in [1.29, 1.82) is 0 Å². The van der Waals surface area contributed by atoms with Crippen molar-refractivity contribution in [2.45, 2.75) is 25.0 Å². The van der Waals surface area contributed by atoms with E-state index < -0.39 is 5.97 Å². The molecule has 0 bridgehead atoms. The molecule has 0 radical (unpaired) electrons. The zero-order valence-corrected chi connectivity index (χ0v) is 10.8. The molecule has 1 rings (SSSR count). The Labute approximate surface area is 96.1 Å². The van der Waals surface area contributed by atoms with Crippen molar-refractivity contribution in [3.8, 4) is 0 Å². The second kappa shape index (κ2) is 5.32. The monoisotopic (exact) mass is 224 g/mol. The molecule has 4 heteroatoms. The fraction of sp³-hybridized carbons (Fsp3) is 0.364. The van der Waals surface area contributed by atoms with Crippen LogP contribution in [0.5, 0.6) is 0 Å². The molecule has 3 nitrogen and oxygen atoms in total. The van der Waals surface area contributed by atoms with E-state index in [1.165, 1.54) is 4.43 Å². The smallest absolute Gasteiger partial charge is 0.335 e. The summed E-state index contributed by atoms with van der Waals surface area (Å²) >= 11 is -0.307. The van der Waals surface area contributed by atoms with Crippen molar-refractivity contribution in [3.63, 3.8) is 0 Å². The summed E-state index contributed by atoms with van der Waals surface area (Å²) in [7, 11) is 0. The maximum Gasteiger partial charge on any atom is 0.335 e. The highest BCUT2D eigenvalue weighted by Gasteiger charge is 2.15. The molecular formula is C11H17AlO3. The quantitative estimate of drug-likeness (QED) is 0.756. The number of aromatic carboxylic acids is 1. The van der Waals surface area contributed by atoms with Gasteiger partial charge in [-0.05, 0) is 12.1 Å². The molecule has 0 unspecified atom stereocenters. The Morgan fingerprint density at radius 1 is 1.20 bits per heavy atom. The van der Waals surface area contributed by atoms with Gasteiger partial charge in [-0.15, -0.1) is 4.43 Å². The van der Waals surface area contributed by atoms with Gasteiger partial charge in [-0.2, -0.15) is 0 Å². The Bertz CT molecular complexity index is 325. The van der Waals surface area contributed by atoms with Crippen LogP contribution in [0.15, 0.2) is 24.3 Å². The van der Waals surface area contributed by atoms with Gasteiger partial charge in [-0.3, -0.25) is 0 Å². The van der Waals surface area contributed by atoms with Crippen LogP contribution in [0.2, 0.25) is 4.28 Å². The van der Waals surface area contributed by atoms with Crippen LogP contribution in [0.1, 0.15) is 31.1 Å². The Morgan fingerprint density at radius 3 is 2.00 bits per heavy atom. The van der Waals surface area contributed by atoms with Gasteiger partial charge in [0.15, 0.2) is 0 Å². The minimum atomic E-state index is -0.853. The normalized spacial score (nSPS) is 10.3. The third-order valence-electron chi connectivity index (χ3n) is 1.94. The topological polar surface area (TPSA) is 68.8 Å². The van der Waals surface area contributed by atoms with Crippen LogP contribution in [0.4, 0.5) is 0 Å². The average Bonchev–Trinajstić information content (AvgIpc) is 2.02. The lowest BCUT2D eigenvalue weighted by Crippen LogP contribution is -2.23. The van der Waals surface area contributed by atoms with Crippen LogP contribution >= 0.6 is 0 Å². The van der Waals surface area contributed by atoms with Crippen LogP contribution < -0.4 is 4.43 Å². The molecule has 0 aliphatic heterocycles. The predicted octanol–water partition coefficient (Wildman–Crippen LogP) is 0.840. The summed E-state index contributed by atoms with van der Waals surface area (Å²) in [6, 6.07) is 7.27. The van der Waals surface area contributed by atoms with E-state index >= 15 is 0 Å². The lowest BCUT2D eigenvalue weighted by atomic mass is 10.2. The molecule has 3 N–H and O–H groups in total. The first-order valence-corrected chi connectivity index (χ1v) is 6.12. The summed E-state index contributed by atoms with van der Waals surface area (Å²) in [5.41, 5.74) is 0.372. The van der Waals surface area contributed by atoms with E-state index in [0.29, 0.717) is 9.84 Å². The first kappa shape index (κ1) is 14.2. The minimum Gasteiger partial charge on any atom is -0.478 e. The average molecular weight is 224 g/mol. The van der Waals surface area contributed by atoms with Gasteiger partial charge in [0, 0.05) is 0 Å². The summed E-state index contributed by atoms with van der Waals surface area (Å²) in [5, 5.41) is 8.72. The molecule has 0 atom stereocenters. The predicted molar refractivity (Wildman–Crippen MR) is 63.5 cm³/mol. The number of rotatable bonds is 2. The Balaban J connectivity index is 0.00000196. The lowest BCUT2D eigenvalue weighted by molar-refractivity contribution is 0.0697. The highest BCUT2D eigenvalue weighted by atomic mass is 27.1. The SMILES string of the molecule is C[C](C)(C)[AlH][c]1ccc(C(=O)O)cc1.O. The van der Waals surface area contributed by atoms with Gasteiger partial charge < -0.3 is 10.6 Å². The molecule has 0 aliphatic rings. The summed E-state index contributed by atoms with van der Waals surface area (Å²) in [6.07, 6.45) is 0. The Kier molecular flexibility index (Phi) is 5.03. The Morgan fingerprint density at radius 2 is 1.67 bits per heavy atom. The van der Waals surface area contributed by atoms with Crippen molar-refractivity contribution < 1.29 is 15.4 Å². The van der Waals surface area contributed by atoms with Gasteiger partial charge in [-0.25, -0.2) is 4.79 Å². The molecule has 0 heterocycles. The number of carboxylic acids is 1. The summed E-state index contributed by atoms with van der Waals surface area (Å²) in [5.74, 6) is -0.853. The second-order valence-corrected chi connectivity index (χ2v) is 8.03. The van der Waals surface area contributed by atoms with Gasteiger partial charge in [-0.1, -0.05) is 37.2 Å². The number of hydrogen-bond donors (Lipinski definition) is 1. The molecule has 0 saturated carbocycles. The summed E-state index contributed by atoms with van der Waals surface area (Å²) in [6.45, 7) is 6.68. The van der Waals surface area contributed by atoms with E-state index in [1.807, 2.05) is 12.1 Å². The van der Waals surface area contributed by atoms with Crippen molar-refractivity contribution >= 4 is 25.6 Å². The fourth-order valence-corrected chi connectivity index (χ4v) is 3.07. The van der Waals surface area contributed by atoms with E-state index in [2.05, 4.69) is 20.8 Å². The third kappa shape index (κ3) is 4.99. The molecule has 15 heavy (non-hydrogen) atoms. The van der Waals surface area contributed by atoms with Crippen molar-refractivity contribution in [2.24, 2.45) is 0 Å². The van der Waals surface area contributed by atoms with Crippen LogP contribution in [0, 0.1) is 0 Å².